The Kier molecular flexibility index (Phi) is 3.83. The van der Waals surface area contributed by atoms with Crippen LogP contribution in [0.1, 0.15) is 32.4 Å². The van der Waals surface area contributed by atoms with Crippen LogP contribution in [-0.4, -0.2) is 47.6 Å². The predicted molar refractivity (Wildman–Crippen MR) is 121 cm³/mol. The number of allylic oxidation sites excluding steroid dienone is 1. The van der Waals surface area contributed by atoms with Crippen molar-refractivity contribution in [2.45, 2.75) is 50.2 Å². The van der Waals surface area contributed by atoms with Crippen LogP contribution in [0, 0.1) is 23.6 Å². The summed E-state index contributed by atoms with van der Waals surface area (Å²) in [5, 5.41) is 4.36. The van der Waals surface area contributed by atoms with Gasteiger partial charge in [0.25, 0.3) is 0 Å². The largest absolute Gasteiger partial charge is 0.492 e. The quantitative estimate of drug-likeness (QED) is 0.598. The Morgan fingerprint density at radius 1 is 1.25 bits per heavy atom. The highest BCUT2D eigenvalue weighted by molar-refractivity contribution is 5.93. The third-order valence-corrected chi connectivity index (χ3v) is 9.45. The molecular formula is C27H25FN2O6. The Morgan fingerprint density at radius 2 is 2.06 bits per heavy atom. The maximum Gasteiger partial charge on any atom is 0.343 e. The Balaban J connectivity index is 1.24. The molecule has 36 heavy (non-hydrogen) atoms. The lowest BCUT2D eigenvalue weighted by Gasteiger charge is -2.47. The van der Waals surface area contributed by atoms with Gasteiger partial charge in [0, 0.05) is 30.1 Å². The number of hydrogen-bond donors (Lipinski definition) is 0. The first-order valence-corrected chi connectivity index (χ1v) is 12.5. The van der Waals surface area contributed by atoms with Crippen LogP contribution in [-0.2, 0) is 29.3 Å². The molecular weight excluding hydrogens is 467 g/mol. The molecule has 0 amide bonds. The lowest BCUT2D eigenvalue weighted by Crippen LogP contribution is -2.59. The number of benzene rings is 1. The maximum atomic E-state index is 13.5. The fourth-order valence-corrected chi connectivity index (χ4v) is 8.22. The normalized spacial score (nSPS) is 43.4. The first kappa shape index (κ1) is 21.0. The van der Waals surface area contributed by atoms with E-state index in [0.29, 0.717) is 28.5 Å². The van der Waals surface area contributed by atoms with Gasteiger partial charge in [-0.25, -0.2) is 9.18 Å². The lowest BCUT2D eigenvalue weighted by molar-refractivity contribution is -0.256. The molecule has 6 aliphatic heterocycles. The smallest absolute Gasteiger partial charge is 0.343 e. The highest BCUT2D eigenvalue weighted by atomic mass is 19.1. The van der Waals surface area contributed by atoms with Gasteiger partial charge >= 0.3 is 5.97 Å². The van der Waals surface area contributed by atoms with E-state index in [0.717, 1.165) is 30.7 Å². The van der Waals surface area contributed by atoms with E-state index in [4.69, 9.17) is 23.5 Å². The van der Waals surface area contributed by atoms with E-state index >= 15 is 0 Å². The Labute approximate surface area is 206 Å². The Hall–Kier alpha value is -3.17. The van der Waals surface area contributed by atoms with E-state index in [-0.39, 0.29) is 35.7 Å². The van der Waals surface area contributed by atoms with E-state index < -0.39 is 17.3 Å². The first-order valence-electron chi connectivity index (χ1n) is 12.5. The fourth-order valence-electron chi connectivity index (χ4n) is 8.22. The van der Waals surface area contributed by atoms with Crippen LogP contribution in [0.4, 0.5) is 4.39 Å². The van der Waals surface area contributed by atoms with E-state index in [1.165, 1.54) is 19.2 Å². The maximum absolute atomic E-state index is 13.5. The van der Waals surface area contributed by atoms with E-state index in [9.17, 15) is 9.18 Å². The summed E-state index contributed by atoms with van der Waals surface area (Å²) in [5.41, 5.74) is 1.45. The molecule has 5 fully saturated rings. The minimum absolute atomic E-state index is 0.0153. The molecule has 8 nitrogen and oxygen atoms in total. The highest BCUT2D eigenvalue weighted by Crippen LogP contribution is 2.75. The van der Waals surface area contributed by atoms with Crippen molar-refractivity contribution in [3.63, 3.8) is 0 Å². The number of esters is 1. The number of carbonyl (C=O) groups excluding carboxylic acids is 1. The van der Waals surface area contributed by atoms with Crippen LogP contribution in [0.15, 0.2) is 57.7 Å². The van der Waals surface area contributed by atoms with Crippen molar-refractivity contribution in [1.82, 2.24) is 10.1 Å². The summed E-state index contributed by atoms with van der Waals surface area (Å²) in [6.45, 7) is 4.75. The number of carbonyl (C=O) groups is 1. The number of halogens is 1. The van der Waals surface area contributed by atoms with Gasteiger partial charge in [0.15, 0.2) is 11.5 Å². The molecule has 0 saturated carbocycles. The number of piperidine rings is 1. The number of ether oxygens (including phenoxy) is 4. The summed E-state index contributed by atoms with van der Waals surface area (Å²) in [6, 6.07) is 8.48. The first-order chi connectivity index (χ1) is 17.4. The number of aromatic nitrogens is 1. The summed E-state index contributed by atoms with van der Waals surface area (Å²) in [6.07, 6.45) is 1.68. The van der Waals surface area contributed by atoms with Crippen LogP contribution < -0.4 is 0 Å². The van der Waals surface area contributed by atoms with Crippen molar-refractivity contribution in [1.29, 1.82) is 0 Å². The Bertz CT molecular complexity index is 1400. The molecule has 1 spiro atoms. The molecule has 5 bridgehead atoms. The molecule has 1 unspecified atom stereocenters. The number of methoxy groups -OCH3 is 1. The van der Waals surface area contributed by atoms with E-state index in [2.05, 4.69) is 17.0 Å². The van der Waals surface area contributed by atoms with Crippen LogP contribution >= 0.6 is 0 Å². The van der Waals surface area contributed by atoms with Gasteiger partial charge in [-0.05, 0) is 44.0 Å². The summed E-state index contributed by atoms with van der Waals surface area (Å²) < 4.78 is 44.3. The van der Waals surface area contributed by atoms with Crippen molar-refractivity contribution >= 4 is 5.97 Å². The zero-order valence-corrected chi connectivity index (χ0v) is 20.1. The number of rotatable bonds is 3. The van der Waals surface area contributed by atoms with Crippen LogP contribution in [0.5, 0.6) is 0 Å². The van der Waals surface area contributed by atoms with Gasteiger partial charge in [-0.1, -0.05) is 12.1 Å². The Morgan fingerprint density at radius 3 is 2.83 bits per heavy atom. The molecule has 8 rings (SSSR count). The summed E-state index contributed by atoms with van der Waals surface area (Å²) >= 11 is 0. The van der Waals surface area contributed by atoms with Gasteiger partial charge in [0.2, 0.25) is 11.5 Å². The second kappa shape index (κ2) is 6.58. The standard InChI is InChI=1S/C27H25FN2O6/c1-12-21-17-11-19-26(20-10-16(29-36-20)14-4-6-15(28)7-5-14)18(8-9-30(17)26)27(21,34-19)35-23(12)24-22(32-3)13(2)25(31)33-24/h4-7,10,12,17-19,21H,8-9,11H2,1-3H3/b24-23-/t12-,17-,18-,19-,21+,26-,27+/m0/s1. The van der Waals surface area contributed by atoms with Crippen LogP contribution in [0.3, 0.4) is 0 Å². The zero-order valence-electron chi connectivity index (χ0n) is 20.1. The van der Waals surface area contributed by atoms with Gasteiger partial charge in [0.1, 0.15) is 22.8 Å². The average molecular weight is 493 g/mol. The molecule has 1 aromatic heterocycles. The second-order valence-corrected chi connectivity index (χ2v) is 10.7. The predicted octanol–water partition coefficient (Wildman–Crippen LogP) is 3.85. The fraction of sp³-hybridized carbons (Fsp3) is 0.481. The third kappa shape index (κ3) is 2.15. The molecule has 1 aromatic carbocycles. The highest BCUT2D eigenvalue weighted by Gasteiger charge is 2.86. The minimum Gasteiger partial charge on any atom is -0.492 e. The van der Waals surface area contributed by atoms with Gasteiger partial charge in [-0.15, -0.1) is 0 Å². The van der Waals surface area contributed by atoms with E-state index in [1.807, 2.05) is 6.07 Å². The monoisotopic (exact) mass is 492 g/mol. The van der Waals surface area contributed by atoms with Gasteiger partial charge in [-0.3, -0.25) is 4.90 Å². The van der Waals surface area contributed by atoms with Crippen molar-refractivity contribution in [2.75, 3.05) is 13.7 Å². The van der Waals surface area contributed by atoms with Crippen molar-refractivity contribution < 1.29 is 32.7 Å². The molecule has 5 saturated heterocycles. The minimum atomic E-state index is -0.826. The SMILES string of the molecule is COC1=C(C)C(=O)O/C1=C1\O[C@@]23O[C@H]4C[C@@H]([C@H]2[C@@H]1C)N1CC[C@H]3[C@@]41c1cc(-c2ccc(F)cc2)no1. The van der Waals surface area contributed by atoms with E-state index in [1.54, 1.807) is 19.1 Å². The number of cyclic esters (lactones) is 1. The van der Waals surface area contributed by atoms with Crippen LogP contribution in [0.2, 0.25) is 0 Å². The number of hydrogen-bond acceptors (Lipinski definition) is 8. The van der Waals surface area contributed by atoms with Crippen molar-refractivity contribution in [2.24, 2.45) is 17.8 Å². The number of fused-ring (bicyclic) bond motifs is 1. The molecule has 6 aliphatic rings. The molecule has 186 valence electrons. The molecule has 0 radical (unpaired) electrons. The van der Waals surface area contributed by atoms with Gasteiger partial charge in [0.05, 0.1) is 30.6 Å². The molecule has 9 heteroatoms. The molecule has 2 aromatic rings. The second-order valence-electron chi connectivity index (χ2n) is 10.7. The lowest BCUT2D eigenvalue weighted by atomic mass is 9.70. The summed E-state index contributed by atoms with van der Waals surface area (Å²) in [7, 11) is 1.54. The average Bonchev–Trinajstić information content (AvgIpc) is 3.66. The molecule has 0 N–H and O–H groups in total. The van der Waals surface area contributed by atoms with Gasteiger partial charge < -0.3 is 23.5 Å². The summed E-state index contributed by atoms with van der Waals surface area (Å²) in [5.74, 6) is 0.777. The molecule has 0 aliphatic carbocycles. The van der Waals surface area contributed by atoms with Gasteiger partial charge in [-0.2, -0.15) is 0 Å². The van der Waals surface area contributed by atoms with Crippen molar-refractivity contribution in [3.8, 4) is 11.3 Å². The topological polar surface area (TPSA) is 83.3 Å². The third-order valence-electron chi connectivity index (χ3n) is 9.45. The summed E-state index contributed by atoms with van der Waals surface area (Å²) in [4.78, 5) is 14.9. The molecule has 8 atom stereocenters. The van der Waals surface area contributed by atoms with Crippen molar-refractivity contribution in [3.05, 3.63) is 64.8 Å². The number of nitrogens with zero attached hydrogens (tertiary/aromatic N) is 2. The zero-order chi connectivity index (χ0) is 24.6. The van der Waals surface area contributed by atoms with Crippen LogP contribution in [0.25, 0.3) is 11.3 Å². The molecule has 7 heterocycles.